The summed E-state index contributed by atoms with van der Waals surface area (Å²) in [7, 11) is 1.85. The first-order chi connectivity index (χ1) is 12.4. The number of hydrogen-bond acceptors (Lipinski definition) is 4. The van der Waals surface area contributed by atoms with Crippen LogP contribution < -0.4 is 10.2 Å². The molecule has 6 nitrogen and oxygen atoms in total. The molecule has 0 aromatic heterocycles. The molecule has 0 radical (unpaired) electrons. The smallest absolute Gasteiger partial charge is 0.193 e. The van der Waals surface area contributed by atoms with Gasteiger partial charge in [-0.25, -0.2) is 0 Å². The summed E-state index contributed by atoms with van der Waals surface area (Å²) in [5.41, 5.74) is 1.30. The molecule has 2 aliphatic rings. The normalized spacial score (nSPS) is 20.8. The van der Waals surface area contributed by atoms with Crippen molar-refractivity contribution in [1.82, 2.24) is 10.2 Å². The second-order valence-electron chi connectivity index (χ2n) is 6.49. The lowest BCUT2D eigenvalue weighted by Gasteiger charge is -2.37. The summed E-state index contributed by atoms with van der Waals surface area (Å²) < 4.78 is 11.3. The molecule has 146 valence electrons. The number of piperazine rings is 1. The van der Waals surface area contributed by atoms with Gasteiger partial charge in [-0.2, -0.15) is 0 Å². The summed E-state index contributed by atoms with van der Waals surface area (Å²) in [6.07, 6.45) is 2.58. The van der Waals surface area contributed by atoms with Gasteiger partial charge >= 0.3 is 0 Å². The number of anilines is 1. The maximum Gasteiger partial charge on any atom is 0.193 e. The van der Waals surface area contributed by atoms with E-state index in [1.165, 1.54) is 5.69 Å². The van der Waals surface area contributed by atoms with Gasteiger partial charge in [0.05, 0.1) is 19.3 Å². The first-order valence-electron chi connectivity index (χ1n) is 9.32. The third-order valence-corrected chi connectivity index (χ3v) is 4.77. The lowest BCUT2D eigenvalue weighted by Crippen LogP contribution is -2.53. The Morgan fingerprint density at radius 1 is 1.23 bits per heavy atom. The molecule has 0 aliphatic carbocycles. The van der Waals surface area contributed by atoms with Crippen molar-refractivity contribution >= 4 is 35.6 Å². The van der Waals surface area contributed by atoms with Gasteiger partial charge < -0.3 is 24.6 Å². The maximum absolute atomic E-state index is 5.71. The standard InChI is InChI=1S/C19H30N4O2.HI/c1-20-19(21-9-15-24-16-18-8-5-14-25-18)23-12-10-22(11-13-23)17-6-3-2-4-7-17;/h2-4,6-7,18H,5,8-16H2,1H3,(H,20,21);1H. The zero-order chi connectivity index (χ0) is 17.3. The Kier molecular flexibility index (Phi) is 9.49. The molecule has 2 fully saturated rings. The summed E-state index contributed by atoms with van der Waals surface area (Å²) in [6, 6.07) is 10.6. The number of guanidine groups is 1. The summed E-state index contributed by atoms with van der Waals surface area (Å²) in [6.45, 7) is 7.03. The zero-order valence-electron chi connectivity index (χ0n) is 15.6. The molecule has 1 unspecified atom stereocenters. The molecule has 2 aliphatic heterocycles. The van der Waals surface area contributed by atoms with Crippen LogP contribution in [0.1, 0.15) is 12.8 Å². The minimum absolute atomic E-state index is 0. The Labute approximate surface area is 173 Å². The number of nitrogens with one attached hydrogen (secondary N) is 1. The number of rotatable bonds is 6. The molecule has 3 rings (SSSR count). The van der Waals surface area contributed by atoms with E-state index in [0.29, 0.717) is 19.3 Å². The van der Waals surface area contributed by atoms with E-state index in [2.05, 4.69) is 50.4 Å². The molecule has 26 heavy (non-hydrogen) atoms. The first-order valence-corrected chi connectivity index (χ1v) is 9.32. The van der Waals surface area contributed by atoms with Gasteiger partial charge in [0.2, 0.25) is 0 Å². The fourth-order valence-electron chi connectivity index (χ4n) is 3.37. The van der Waals surface area contributed by atoms with Crippen LogP contribution in [-0.4, -0.2) is 76.6 Å². The van der Waals surface area contributed by atoms with Crippen LogP contribution in [0.25, 0.3) is 0 Å². The molecule has 0 saturated carbocycles. The average molecular weight is 474 g/mol. The molecule has 0 amide bonds. The number of ether oxygens (including phenoxy) is 2. The first kappa shape index (κ1) is 21.2. The molecule has 2 saturated heterocycles. The number of halogens is 1. The SMILES string of the molecule is CN=C(NCCOCC1CCCO1)N1CCN(c2ccccc2)CC1.I. The van der Waals surface area contributed by atoms with E-state index < -0.39 is 0 Å². The van der Waals surface area contributed by atoms with Gasteiger partial charge in [0, 0.05) is 52.1 Å². The topological polar surface area (TPSA) is 49.3 Å². The van der Waals surface area contributed by atoms with Gasteiger partial charge in [-0.05, 0) is 25.0 Å². The predicted octanol–water partition coefficient (Wildman–Crippen LogP) is 2.20. The monoisotopic (exact) mass is 474 g/mol. The van der Waals surface area contributed by atoms with E-state index in [1.54, 1.807) is 0 Å². The Morgan fingerprint density at radius 2 is 2.00 bits per heavy atom. The van der Waals surface area contributed by atoms with E-state index in [9.17, 15) is 0 Å². The molecule has 2 heterocycles. The third-order valence-electron chi connectivity index (χ3n) is 4.77. The minimum atomic E-state index is 0. The lowest BCUT2D eigenvalue weighted by atomic mass is 10.2. The van der Waals surface area contributed by atoms with E-state index in [1.807, 2.05) is 7.05 Å². The molecule has 0 bridgehead atoms. The minimum Gasteiger partial charge on any atom is -0.377 e. The Bertz CT molecular complexity index is 530. The molecule has 1 aromatic carbocycles. The van der Waals surface area contributed by atoms with Crippen molar-refractivity contribution in [2.45, 2.75) is 18.9 Å². The van der Waals surface area contributed by atoms with Crippen molar-refractivity contribution in [3.63, 3.8) is 0 Å². The fraction of sp³-hybridized carbons (Fsp3) is 0.632. The van der Waals surface area contributed by atoms with Gasteiger partial charge in [0.15, 0.2) is 5.96 Å². The second kappa shape index (κ2) is 11.6. The van der Waals surface area contributed by atoms with Crippen molar-refractivity contribution in [3.05, 3.63) is 30.3 Å². The Balaban J connectivity index is 0.00000243. The molecule has 1 N–H and O–H groups in total. The Morgan fingerprint density at radius 3 is 2.65 bits per heavy atom. The predicted molar refractivity (Wildman–Crippen MR) is 117 cm³/mol. The highest BCUT2D eigenvalue weighted by Crippen LogP contribution is 2.15. The van der Waals surface area contributed by atoms with Crippen LogP contribution in [0.15, 0.2) is 35.3 Å². The number of nitrogens with zero attached hydrogens (tertiary/aromatic N) is 3. The van der Waals surface area contributed by atoms with Crippen LogP contribution in [0.3, 0.4) is 0 Å². The lowest BCUT2D eigenvalue weighted by molar-refractivity contribution is 0.0190. The number of hydrogen-bond donors (Lipinski definition) is 1. The molecule has 1 aromatic rings. The van der Waals surface area contributed by atoms with Crippen molar-refractivity contribution in [3.8, 4) is 0 Å². The molecule has 7 heteroatoms. The van der Waals surface area contributed by atoms with Crippen LogP contribution in [-0.2, 0) is 9.47 Å². The number of benzene rings is 1. The third kappa shape index (κ3) is 6.28. The second-order valence-corrected chi connectivity index (χ2v) is 6.49. The van der Waals surface area contributed by atoms with E-state index in [-0.39, 0.29) is 24.0 Å². The maximum atomic E-state index is 5.71. The summed E-state index contributed by atoms with van der Waals surface area (Å²) in [4.78, 5) is 9.16. The van der Waals surface area contributed by atoms with Gasteiger partial charge in [0.25, 0.3) is 0 Å². The van der Waals surface area contributed by atoms with Crippen LogP contribution in [0.4, 0.5) is 5.69 Å². The highest BCUT2D eigenvalue weighted by Gasteiger charge is 2.19. The number of para-hydroxylation sites is 1. The molecule has 1 atom stereocenters. The van der Waals surface area contributed by atoms with Crippen molar-refractivity contribution in [2.24, 2.45) is 4.99 Å². The summed E-state index contributed by atoms with van der Waals surface area (Å²) >= 11 is 0. The van der Waals surface area contributed by atoms with Crippen molar-refractivity contribution in [2.75, 3.05) is 64.5 Å². The largest absolute Gasteiger partial charge is 0.377 e. The van der Waals surface area contributed by atoms with Gasteiger partial charge in [-0.15, -0.1) is 24.0 Å². The van der Waals surface area contributed by atoms with E-state index in [0.717, 1.165) is 58.1 Å². The van der Waals surface area contributed by atoms with E-state index >= 15 is 0 Å². The van der Waals surface area contributed by atoms with Crippen molar-refractivity contribution in [1.29, 1.82) is 0 Å². The van der Waals surface area contributed by atoms with Crippen LogP contribution >= 0.6 is 24.0 Å². The van der Waals surface area contributed by atoms with Crippen LogP contribution in [0.2, 0.25) is 0 Å². The zero-order valence-corrected chi connectivity index (χ0v) is 17.9. The summed E-state index contributed by atoms with van der Waals surface area (Å²) in [5.74, 6) is 0.966. The quantitative estimate of drug-likeness (QED) is 0.297. The molecular formula is C19H31IN4O2. The van der Waals surface area contributed by atoms with Crippen LogP contribution in [0, 0.1) is 0 Å². The van der Waals surface area contributed by atoms with Crippen LogP contribution in [0.5, 0.6) is 0 Å². The van der Waals surface area contributed by atoms with Gasteiger partial charge in [-0.1, -0.05) is 18.2 Å². The highest BCUT2D eigenvalue weighted by molar-refractivity contribution is 14.0. The van der Waals surface area contributed by atoms with E-state index in [4.69, 9.17) is 9.47 Å². The van der Waals surface area contributed by atoms with Gasteiger partial charge in [-0.3, -0.25) is 4.99 Å². The average Bonchev–Trinajstić information content (AvgIpc) is 3.19. The fourth-order valence-corrected chi connectivity index (χ4v) is 3.37. The van der Waals surface area contributed by atoms with Gasteiger partial charge in [0.1, 0.15) is 0 Å². The molecule has 0 spiro atoms. The Hall–Kier alpha value is -1.06. The number of aliphatic imine (C=N–C) groups is 1. The summed E-state index contributed by atoms with van der Waals surface area (Å²) in [5, 5.41) is 3.41. The molecular weight excluding hydrogens is 443 g/mol. The highest BCUT2D eigenvalue weighted by atomic mass is 127. The van der Waals surface area contributed by atoms with Crippen molar-refractivity contribution < 1.29 is 9.47 Å².